The van der Waals surface area contributed by atoms with E-state index in [1.807, 2.05) is 30.3 Å². The van der Waals surface area contributed by atoms with E-state index in [0.29, 0.717) is 0 Å². The Labute approximate surface area is 67.9 Å². The van der Waals surface area contributed by atoms with Crippen LogP contribution in [0.2, 0.25) is 0 Å². The fourth-order valence-corrected chi connectivity index (χ4v) is 1.29. The zero-order valence-electron chi connectivity index (χ0n) is 5.64. The van der Waals surface area contributed by atoms with Gasteiger partial charge in [-0.05, 0) is 5.21 Å². The van der Waals surface area contributed by atoms with Gasteiger partial charge in [0.1, 0.15) is 0 Å². The number of benzene rings is 1. The third kappa shape index (κ3) is 1.25. The fraction of sp³-hybridized carbons (Fsp3) is 0. The van der Waals surface area contributed by atoms with Crippen molar-refractivity contribution in [3.05, 3.63) is 30.3 Å². The molecule has 0 radical (unpaired) electrons. The molecule has 3 nitrogen and oxygen atoms in total. The van der Waals surface area contributed by atoms with Gasteiger partial charge in [-0.2, -0.15) is 0 Å². The van der Waals surface area contributed by atoms with Crippen LogP contribution in [0.5, 0.6) is 0 Å². The summed E-state index contributed by atoms with van der Waals surface area (Å²) in [5.41, 5.74) is 1.07. The van der Waals surface area contributed by atoms with Crippen LogP contribution in [0.15, 0.2) is 30.3 Å². The van der Waals surface area contributed by atoms with E-state index in [4.69, 9.17) is 0 Å². The van der Waals surface area contributed by atoms with Crippen LogP contribution in [-0.4, -0.2) is 14.8 Å². The molecule has 54 valence electrons. The molecule has 2 aromatic rings. The van der Waals surface area contributed by atoms with E-state index < -0.39 is 0 Å². The first-order valence-corrected chi connectivity index (χ1v) is 3.94. The minimum absolute atomic E-state index is 0.866. The van der Waals surface area contributed by atoms with Crippen LogP contribution in [0.4, 0.5) is 0 Å². The summed E-state index contributed by atoms with van der Waals surface area (Å²) in [7, 11) is 0. The van der Waals surface area contributed by atoms with Gasteiger partial charge in [-0.1, -0.05) is 34.8 Å². The van der Waals surface area contributed by atoms with Crippen molar-refractivity contribution in [3.63, 3.8) is 0 Å². The Bertz CT molecular complexity index is 317. The molecule has 0 unspecified atom stereocenters. The van der Waals surface area contributed by atoms with Crippen LogP contribution in [0.25, 0.3) is 10.6 Å². The molecule has 0 aliphatic rings. The van der Waals surface area contributed by atoms with Gasteiger partial charge in [0.15, 0.2) is 5.01 Å². The Morgan fingerprint density at radius 1 is 1.09 bits per heavy atom. The smallest absolute Gasteiger partial charge is 0.117 e. The van der Waals surface area contributed by atoms with E-state index in [9.17, 15) is 0 Å². The number of rotatable bonds is 1. The van der Waals surface area contributed by atoms with Crippen LogP contribution < -0.4 is 0 Å². The first kappa shape index (κ1) is 6.42. The molecule has 0 aliphatic heterocycles. The molecule has 4 heteroatoms. The molecule has 0 saturated carbocycles. The van der Waals surface area contributed by atoms with Crippen molar-refractivity contribution in [1.82, 2.24) is 14.8 Å². The molecule has 0 fully saturated rings. The van der Waals surface area contributed by atoms with Crippen molar-refractivity contribution in [3.8, 4) is 10.6 Å². The van der Waals surface area contributed by atoms with Crippen LogP contribution in [0.1, 0.15) is 0 Å². The molecule has 0 N–H and O–H groups in total. The highest BCUT2D eigenvalue weighted by atomic mass is 32.1. The zero-order chi connectivity index (χ0) is 7.52. The van der Waals surface area contributed by atoms with Crippen molar-refractivity contribution < 1.29 is 0 Å². The second-order valence-electron chi connectivity index (χ2n) is 2.03. The molecule has 1 aromatic heterocycles. The highest BCUT2D eigenvalue weighted by Gasteiger charge is 1.98. The molecular weight excluding hydrogens is 158 g/mol. The van der Waals surface area contributed by atoms with E-state index in [0.717, 1.165) is 10.6 Å². The maximum Gasteiger partial charge on any atom is 0.168 e. The van der Waals surface area contributed by atoms with Crippen LogP contribution in [0.3, 0.4) is 0 Å². The highest BCUT2D eigenvalue weighted by molar-refractivity contribution is 7.08. The highest BCUT2D eigenvalue weighted by Crippen LogP contribution is 2.17. The van der Waals surface area contributed by atoms with Gasteiger partial charge in [0.05, 0.1) is 0 Å². The predicted octanol–water partition coefficient (Wildman–Crippen LogP) is 1.60. The summed E-state index contributed by atoms with van der Waals surface area (Å²) in [5.74, 6) is 0. The second-order valence-corrected chi connectivity index (χ2v) is 2.77. The van der Waals surface area contributed by atoms with Gasteiger partial charge < -0.3 is 0 Å². The Morgan fingerprint density at radius 2 is 1.91 bits per heavy atom. The largest absolute Gasteiger partial charge is 0.168 e. The molecule has 0 amide bonds. The Morgan fingerprint density at radius 3 is 2.55 bits per heavy atom. The molecule has 0 atom stereocenters. The number of nitrogens with zero attached hydrogens (tertiary/aromatic N) is 3. The average Bonchev–Trinajstić information content (AvgIpc) is 2.58. The standard InChI is InChI=1S/C7H5N3S/c1-2-4-6(5-3-1)7-8-9-10-11-7/h1-5H. The molecule has 2 rings (SSSR count). The lowest BCUT2D eigenvalue weighted by Crippen LogP contribution is -1.74. The Balaban J connectivity index is 2.46. The van der Waals surface area contributed by atoms with Crippen molar-refractivity contribution in [2.75, 3.05) is 0 Å². The van der Waals surface area contributed by atoms with E-state index in [1.165, 1.54) is 11.5 Å². The molecule has 0 saturated heterocycles. The van der Waals surface area contributed by atoms with Gasteiger partial charge in [0.2, 0.25) is 0 Å². The van der Waals surface area contributed by atoms with E-state index in [1.54, 1.807) is 0 Å². The van der Waals surface area contributed by atoms with Crippen LogP contribution in [0, 0.1) is 0 Å². The lowest BCUT2D eigenvalue weighted by molar-refractivity contribution is 0.961. The molecule has 0 aliphatic carbocycles. The molecule has 1 heterocycles. The summed E-state index contributed by atoms with van der Waals surface area (Å²) >= 11 is 1.30. The normalized spacial score (nSPS) is 9.82. The molecule has 0 spiro atoms. The number of hydrogen-bond acceptors (Lipinski definition) is 4. The summed E-state index contributed by atoms with van der Waals surface area (Å²) in [6.45, 7) is 0. The van der Waals surface area contributed by atoms with Gasteiger partial charge in [0.25, 0.3) is 0 Å². The molecule has 1 aromatic carbocycles. The lowest BCUT2D eigenvalue weighted by atomic mass is 10.2. The summed E-state index contributed by atoms with van der Waals surface area (Å²) in [5, 5.41) is 8.23. The Hall–Kier alpha value is -1.29. The van der Waals surface area contributed by atoms with Crippen LogP contribution >= 0.6 is 11.5 Å². The van der Waals surface area contributed by atoms with E-state index in [2.05, 4.69) is 14.8 Å². The first-order valence-electron chi connectivity index (χ1n) is 3.17. The van der Waals surface area contributed by atoms with Crippen molar-refractivity contribution in [2.45, 2.75) is 0 Å². The summed E-state index contributed by atoms with van der Waals surface area (Å²) in [6, 6.07) is 9.88. The lowest BCUT2D eigenvalue weighted by Gasteiger charge is -1.89. The molecule has 0 bridgehead atoms. The van der Waals surface area contributed by atoms with Crippen molar-refractivity contribution >= 4 is 11.5 Å². The van der Waals surface area contributed by atoms with Gasteiger partial charge >= 0.3 is 0 Å². The SMILES string of the molecule is c1ccc(-c2nnns2)cc1. The number of hydrogen-bond donors (Lipinski definition) is 0. The van der Waals surface area contributed by atoms with E-state index in [-0.39, 0.29) is 0 Å². The topological polar surface area (TPSA) is 38.7 Å². The van der Waals surface area contributed by atoms with Crippen molar-refractivity contribution in [2.24, 2.45) is 0 Å². The van der Waals surface area contributed by atoms with Gasteiger partial charge in [0, 0.05) is 17.1 Å². The quantitative estimate of drug-likeness (QED) is 0.641. The minimum Gasteiger partial charge on any atom is -0.117 e. The number of aromatic nitrogens is 3. The zero-order valence-corrected chi connectivity index (χ0v) is 6.45. The molecular formula is C7H5N3S. The fourth-order valence-electron chi connectivity index (χ4n) is 0.825. The van der Waals surface area contributed by atoms with Gasteiger partial charge in [-0.15, -0.1) is 5.10 Å². The third-order valence-corrected chi connectivity index (χ3v) is 1.97. The maximum atomic E-state index is 3.84. The first-order chi connectivity index (χ1) is 5.47. The second kappa shape index (κ2) is 2.75. The molecule has 11 heavy (non-hydrogen) atoms. The minimum atomic E-state index is 0.866. The predicted molar refractivity (Wildman–Crippen MR) is 43.1 cm³/mol. The summed E-state index contributed by atoms with van der Waals surface area (Å²) in [6.07, 6.45) is 0. The summed E-state index contributed by atoms with van der Waals surface area (Å²) < 4.78 is 3.68. The van der Waals surface area contributed by atoms with Gasteiger partial charge in [-0.25, -0.2) is 0 Å². The van der Waals surface area contributed by atoms with Crippen LogP contribution in [-0.2, 0) is 0 Å². The summed E-state index contributed by atoms with van der Waals surface area (Å²) in [4.78, 5) is 0. The van der Waals surface area contributed by atoms with Gasteiger partial charge in [-0.3, -0.25) is 0 Å². The Kier molecular flexibility index (Phi) is 1.61. The average molecular weight is 163 g/mol. The van der Waals surface area contributed by atoms with E-state index >= 15 is 0 Å². The monoisotopic (exact) mass is 163 g/mol. The maximum absolute atomic E-state index is 3.84. The third-order valence-electron chi connectivity index (χ3n) is 1.32. The van der Waals surface area contributed by atoms with Crippen molar-refractivity contribution in [1.29, 1.82) is 0 Å².